The third-order valence-corrected chi connectivity index (χ3v) is 2.65. The van der Waals surface area contributed by atoms with Crippen LogP contribution in [0.15, 0.2) is 30.3 Å². The van der Waals surface area contributed by atoms with Gasteiger partial charge in [-0.2, -0.15) is 0 Å². The molecular weight excluding hydrogens is 348 g/mol. The lowest BCUT2D eigenvalue weighted by molar-refractivity contribution is -0.138. The standard InChI is InChI=1S/C13H16O7.BrH/c14-6-9(16)11(17)12(18)10(7-15)20-13(19)8-4-2-1-3-5-8;/h1-5,7,9-12,14,16-18H,6H2;1H/t9-,10+,11-,12-;/m1./s1. The minimum atomic E-state index is -1.85. The number of aliphatic hydroxyl groups excluding tert-OH is 4. The molecule has 7 nitrogen and oxygen atoms in total. The van der Waals surface area contributed by atoms with Gasteiger partial charge in [0.25, 0.3) is 0 Å². The topological polar surface area (TPSA) is 124 Å². The summed E-state index contributed by atoms with van der Waals surface area (Å²) in [5, 5.41) is 36.9. The van der Waals surface area contributed by atoms with Gasteiger partial charge in [-0.25, -0.2) is 4.79 Å². The largest absolute Gasteiger partial charge is 0.448 e. The summed E-state index contributed by atoms with van der Waals surface area (Å²) in [5.74, 6) is -0.854. The molecule has 21 heavy (non-hydrogen) atoms. The van der Waals surface area contributed by atoms with Crippen LogP contribution in [0.1, 0.15) is 10.4 Å². The average Bonchev–Trinajstić information content (AvgIpc) is 2.50. The van der Waals surface area contributed by atoms with E-state index in [0.29, 0.717) is 0 Å². The van der Waals surface area contributed by atoms with Gasteiger partial charge in [0.15, 0.2) is 12.4 Å². The van der Waals surface area contributed by atoms with Crippen LogP contribution in [0.25, 0.3) is 0 Å². The highest BCUT2D eigenvalue weighted by Crippen LogP contribution is 2.10. The molecule has 0 radical (unpaired) electrons. The summed E-state index contributed by atoms with van der Waals surface area (Å²) in [4.78, 5) is 22.5. The highest BCUT2D eigenvalue weighted by molar-refractivity contribution is 8.93. The van der Waals surface area contributed by atoms with Crippen LogP contribution < -0.4 is 0 Å². The third-order valence-electron chi connectivity index (χ3n) is 2.65. The summed E-state index contributed by atoms with van der Waals surface area (Å²) in [6, 6.07) is 7.77. The van der Waals surface area contributed by atoms with E-state index in [0.717, 1.165) is 0 Å². The Hall–Kier alpha value is -1.32. The zero-order valence-corrected chi connectivity index (χ0v) is 12.6. The second-order valence-electron chi connectivity index (χ2n) is 4.10. The zero-order valence-electron chi connectivity index (χ0n) is 10.9. The second kappa shape index (κ2) is 9.59. The van der Waals surface area contributed by atoms with Crippen LogP contribution in [0, 0.1) is 0 Å². The summed E-state index contributed by atoms with van der Waals surface area (Å²) in [6.45, 7) is -0.809. The second-order valence-corrected chi connectivity index (χ2v) is 4.10. The van der Waals surface area contributed by atoms with E-state index >= 15 is 0 Å². The Kier molecular flexibility index (Phi) is 8.98. The van der Waals surface area contributed by atoms with Crippen LogP contribution in [-0.4, -0.2) is 63.7 Å². The quantitative estimate of drug-likeness (QED) is 0.363. The minimum Gasteiger partial charge on any atom is -0.448 e. The van der Waals surface area contributed by atoms with Gasteiger partial charge in [0, 0.05) is 0 Å². The van der Waals surface area contributed by atoms with E-state index in [-0.39, 0.29) is 28.8 Å². The van der Waals surface area contributed by atoms with Crippen molar-refractivity contribution in [1.29, 1.82) is 0 Å². The average molecular weight is 365 g/mol. The number of aldehydes is 1. The van der Waals surface area contributed by atoms with Gasteiger partial charge in [0.05, 0.1) is 12.2 Å². The van der Waals surface area contributed by atoms with Crippen molar-refractivity contribution in [2.45, 2.75) is 24.4 Å². The third kappa shape index (κ3) is 5.52. The van der Waals surface area contributed by atoms with Crippen LogP contribution in [0.3, 0.4) is 0 Å². The summed E-state index contributed by atoms with van der Waals surface area (Å²) < 4.78 is 4.75. The summed E-state index contributed by atoms with van der Waals surface area (Å²) in [5.41, 5.74) is 0.170. The molecule has 0 amide bonds. The fourth-order valence-electron chi connectivity index (χ4n) is 1.47. The van der Waals surface area contributed by atoms with E-state index in [2.05, 4.69) is 0 Å². The number of aliphatic hydroxyl groups is 4. The Balaban J connectivity index is 0.00000400. The first kappa shape index (κ1) is 19.7. The van der Waals surface area contributed by atoms with Gasteiger partial charge in [-0.3, -0.25) is 4.79 Å². The van der Waals surface area contributed by atoms with Gasteiger partial charge in [0.1, 0.15) is 18.3 Å². The highest BCUT2D eigenvalue weighted by atomic mass is 79.9. The lowest BCUT2D eigenvalue weighted by atomic mass is 10.0. The Morgan fingerprint density at radius 3 is 2.19 bits per heavy atom. The molecule has 0 aliphatic heterocycles. The highest BCUT2D eigenvalue weighted by Gasteiger charge is 2.33. The molecule has 4 N–H and O–H groups in total. The monoisotopic (exact) mass is 364 g/mol. The van der Waals surface area contributed by atoms with Crippen LogP contribution >= 0.6 is 17.0 Å². The van der Waals surface area contributed by atoms with Gasteiger partial charge in [-0.15, -0.1) is 17.0 Å². The fraction of sp³-hybridized carbons (Fsp3) is 0.385. The minimum absolute atomic E-state index is 0. The van der Waals surface area contributed by atoms with E-state index in [1.807, 2.05) is 0 Å². The first-order valence-electron chi connectivity index (χ1n) is 5.87. The first-order valence-corrected chi connectivity index (χ1v) is 5.87. The van der Waals surface area contributed by atoms with Crippen molar-refractivity contribution in [3.63, 3.8) is 0 Å². The van der Waals surface area contributed by atoms with Crippen molar-refractivity contribution in [3.8, 4) is 0 Å². The molecule has 1 aromatic rings. The molecule has 0 aromatic heterocycles. The SMILES string of the molecule is Br.O=C[C@H](OC(=O)c1ccccc1)[C@@H](O)[C@H](O)[C@H](O)CO. The summed E-state index contributed by atoms with van der Waals surface area (Å²) >= 11 is 0. The number of esters is 1. The number of rotatable bonds is 7. The van der Waals surface area contributed by atoms with Crippen LogP contribution in [0.2, 0.25) is 0 Å². The molecule has 8 heteroatoms. The number of ether oxygens (including phenoxy) is 1. The van der Waals surface area contributed by atoms with Crippen molar-refractivity contribution in [2.24, 2.45) is 0 Å². The van der Waals surface area contributed by atoms with E-state index < -0.39 is 37.0 Å². The van der Waals surface area contributed by atoms with E-state index in [1.54, 1.807) is 18.2 Å². The molecule has 0 aliphatic rings. The molecule has 1 rings (SSSR count). The maximum absolute atomic E-state index is 11.7. The van der Waals surface area contributed by atoms with E-state index in [9.17, 15) is 24.9 Å². The first-order chi connectivity index (χ1) is 9.51. The van der Waals surface area contributed by atoms with Gasteiger partial charge in [-0.05, 0) is 12.1 Å². The lowest BCUT2D eigenvalue weighted by Crippen LogP contribution is -2.48. The van der Waals surface area contributed by atoms with Crippen molar-refractivity contribution in [1.82, 2.24) is 0 Å². The molecule has 0 spiro atoms. The van der Waals surface area contributed by atoms with E-state index in [4.69, 9.17) is 9.84 Å². The van der Waals surface area contributed by atoms with E-state index in [1.165, 1.54) is 12.1 Å². The fourth-order valence-corrected chi connectivity index (χ4v) is 1.47. The molecule has 0 saturated carbocycles. The molecule has 0 fully saturated rings. The van der Waals surface area contributed by atoms with Gasteiger partial charge < -0.3 is 25.2 Å². The zero-order chi connectivity index (χ0) is 15.1. The Bertz CT molecular complexity index is 439. The Labute approximate surface area is 131 Å². The van der Waals surface area contributed by atoms with Crippen molar-refractivity contribution in [3.05, 3.63) is 35.9 Å². The Morgan fingerprint density at radius 1 is 1.14 bits per heavy atom. The Morgan fingerprint density at radius 2 is 1.71 bits per heavy atom. The number of benzene rings is 1. The molecule has 0 unspecified atom stereocenters. The predicted molar refractivity (Wildman–Crippen MR) is 77.1 cm³/mol. The van der Waals surface area contributed by atoms with Crippen molar-refractivity contribution >= 4 is 29.2 Å². The molecule has 1 aromatic carbocycles. The molecule has 0 aliphatic carbocycles. The van der Waals surface area contributed by atoms with Crippen LogP contribution in [0.4, 0.5) is 0 Å². The maximum atomic E-state index is 11.7. The van der Waals surface area contributed by atoms with Crippen molar-refractivity contribution in [2.75, 3.05) is 6.61 Å². The lowest BCUT2D eigenvalue weighted by Gasteiger charge is -2.25. The number of hydrogen-bond acceptors (Lipinski definition) is 7. The molecule has 0 heterocycles. The summed E-state index contributed by atoms with van der Waals surface area (Å²) in [7, 11) is 0. The number of carbonyl (C=O) groups excluding carboxylic acids is 2. The normalized spacial score (nSPS) is 16.0. The van der Waals surface area contributed by atoms with Crippen LogP contribution in [0.5, 0.6) is 0 Å². The van der Waals surface area contributed by atoms with Crippen LogP contribution in [-0.2, 0) is 9.53 Å². The predicted octanol–water partition coefficient (Wildman–Crippen LogP) is -0.936. The van der Waals surface area contributed by atoms with Gasteiger partial charge in [-0.1, -0.05) is 18.2 Å². The smallest absolute Gasteiger partial charge is 0.338 e. The number of carbonyl (C=O) groups is 2. The molecule has 0 saturated heterocycles. The molecule has 118 valence electrons. The molecule has 4 atom stereocenters. The number of hydrogen-bond donors (Lipinski definition) is 4. The van der Waals surface area contributed by atoms with Gasteiger partial charge in [0.2, 0.25) is 0 Å². The summed E-state index contributed by atoms with van der Waals surface area (Å²) in [6.07, 6.45) is -6.83. The van der Waals surface area contributed by atoms with Crippen molar-refractivity contribution < 1.29 is 34.8 Å². The number of halogens is 1. The molecular formula is C13H17BrO7. The maximum Gasteiger partial charge on any atom is 0.338 e. The van der Waals surface area contributed by atoms with Gasteiger partial charge >= 0.3 is 5.97 Å². The molecule has 0 bridgehead atoms.